The lowest BCUT2D eigenvalue weighted by molar-refractivity contribution is 0.0129. The molecule has 2 fully saturated rings. The van der Waals surface area contributed by atoms with Crippen LogP contribution in [0, 0.1) is 13.8 Å². The second kappa shape index (κ2) is 5.49. The zero-order valence-electron chi connectivity index (χ0n) is 13.2. The van der Waals surface area contributed by atoms with Crippen molar-refractivity contribution in [1.29, 1.82) is 0 Å². The molecule has 7 nitrogen and oxygen atoms in total. The van der Waals surface area contributed by atoms with Gasteiger partial charge in [-0.25, -0.2) is 0 Å². The van der Waals surface area contributed by atoms with E-state index >= 15 is 0 Å². The van der Waals surface area contributed by atoms with Gasteiger partial charge in [0.05, 0.1) is 29.9 Å². The van der Waals surface area contributed by atoms with Gasteiger partial charge in [-0.1, -0.05) is 0 Å². The SMILES string of the molecule is Cc1nnc([C@H]2C[C@H]3OCC[C@H]3N(C(=O)c3ccoc3C)C2)o1. The molecule has 3 atom stereocenters. The van der Waals surface area contributed by atoms with Gasteiger partial charge in [0.15, 0.2) is 0 Å². The molecule has 0 unspecified atom stereocenters. The van der Waals surface area contributed by atoms with E-state index in [1.54, 1.807) is 26.2 Å². The number of nitrogens with zero attached hydrogens (tertiary/aromatic N) is 3. The highest BCUT2D eigenvalue weighted by atomic mass is 16.5. The van der Waals surface area contributed by atoms with Crippen molar-refractivity contribution in [2.24, 2.45) is 0 Å². The third-order valence-electron chi connectivity index (χ3n) is 4.75. The lowest BCUT2D eigenvalue weighted by Gasteiger charge is -2.39. The summed E-state index contributed by atoms with van der Waals surface area (Å²) < 4.78 is 16.7. The van der Waals surface area contributed by atoms with Gasteiger partial charge in [0.2, 0.25) is 11.8 Å². The molecule has 0 saturated carbocycles. The summed E-state index contributed by atoms with van der Waals surface area (Å²) in [5, 5.41) is 8.03. The molecule has 2 aromatic heterocycles. The van der Waals surface area contributed by atoms with Gasteiger partial charge in [-0.2, -0.15) is 0 Å². The van der Waals surface area contributed by atoms with Crippen LogP contribution in [0.4, 0.5) is 0 Å². The van der Waals surface area contributed by atoms with Crippen molar-refractivity contribution < 1.29 is 18.4 Å². The number of carbonyl (C=O) groups is 1. The van der Waals surface area contributed by atoms with Crippen molar-refractivity contribution in [3.63, 3.8) is 0 Å². The molecule has 2 saturated heterocycles. The molecule has 2 aromatic rings. The number of likely N-dealkylation sites (tertiary alicyclic amines) is 1. The van der Waals surface area contributed by atoms with Crippen molar-refractivity contribution in [3.8, 4) is 0 Å². The van der Waals surface area contributed by atoms with Gasteiger partial charge < -0.3 is 18.5 Å². The van der Waals surface area contributed by atoms with E-state index in [0.29, 0.717) is 36.3 Å². The largest absolute Gasteiger partial charge is 0.469 e. The molecule has 0 radical (unpaired) electrons. The number of piperidine rings is 1. The highest BCUT2D eigenvalue weighted by molar-refractivity contribution is 5.95. The van der Waals surface area contributed by atoms with Crippen LogP contribution in [0.5, 0.6) is 0 Å². The van der Waals surface area contributed by atoms with Crippen LogP contribution in [0.2, 0.25) is 0 Å². The summed E-state index contributed by atoms with van der Waals surface area (Å²) in [6, 6.07) is 1.83. The minimum Gasteiger partial charge on any atom is -0.469 e. The van der Waals surface area contributed by atoms with Gasteiger partial charge in [-0.15, -0.1) is 10.2 Å². The first-order valence-corrected chi connectivity index (χ1v) is 7.90. The summed E-state index contributed by atoms with van der Waals surface area (Å²) in [7, 11) is 0. The lowest BCUT2D eigenvalue weighted by Crippen LogP contribution is -2.51. The number of rotatable bonds is 2. The maximum atomic E-state index is 13.0. The van der Waals surface area contributed by atoms with E-state index in [-0.39, 0.29) is 24.0 Å². The van der Waals surface area contributed by atoms with E-state index in [1.165, 1.54) is 0 Å². The fourth-order valence-electron chi connectivity index (χ4n) is 3.60. The van der Waals surface area contributed by atoms with Crippen molar-refractivity contribution in [2.45, 2.75) is 44.8 Å². The fourth-order valence-corrected chi connectivity index (χ4v) is 3.60. The van der Waals surface area contributed by atoms with E-state index < -0.39 is 0 Å². The standard InChI is InChI=1S/C16H19N3O4/c1-9-12(3-5-21-9)16(20)19-8-11(15-18-17-10(2)23-15)7-14-13(19)4-6-22-14/h3,5,11,13-14H,4,6-8H2,1-2H3/t11-,13+,14+/m0/s1. The molecule has 4 heterocycles. The highest BCUT2D eigenvalue weighted by Gasteiger charge is 2.44. The average molecular weight is 317 g/mol. The molecule has 2 aliphatic rings. The number of fused-ring (bicyclic) bond motifs is 1. The molecule has 23 heavy (non-hydrogen) atoms. The van der Waals surface area contributed by atoms with E-state index in [0.717, 1.165) is 12.8 Å². The van der Waals surface area contributed by atoms with Crippen LogP contribution in [0.3, 0.4) is 0 Å². The quantitative estimate of drug-likeness (QED) is 0.843. The Kier molecular flexibility index (Phi) is 3.45. The average Bonchev–Trinajstić information content (AvgIpc) is 3.25. The molecular weight excluding hydrogens is 298 g/mol. The number of hydrogen-bond acceptors (Lipinski definition) is 6. The number of furan rings is 1. The smallest absolute Gasteiger partial charge is 0.257 e. The zero-order chi connectivity index (χ0) is 16.0. The summed E-state index contributed by atoms with van der Waals surface area (Å²) >= 11 is 0. The van der Waals surface area contributed by atoms with Crippen LogP contribution in [-0.4, -0.2) is 46.3 Å². The summed E-state index contributed by atoms with van der Waals surface area (Å²) in [6.45, 7) is 4.82. The molecule has 2 aliphatic heterocycles. The van der Waals surface area contributed by atoms with E-state index in [9.17, 15) is 4.79 Å². The fraction of sp³-hybridized carbons (Fsp3) is 0.562. The van der Waals surface area contributed by atoms with Gasteiger partial charge >= 0.3 is 0 Å². The molecule has 0 bridgehead atoms. The monoisotopic (exact) mass is 317 g/mol. The molecule has 0 spiro atoms. The first kappa shape index (κ1) is 14.4. The third kappa shape index (κ3) is 2.45. The molecule has 122 valence electrons. The molecule has 0 aromatic carbocycles. The maximum Gasteiger partial charge on any atom is 0.257 e. The molecular formula is C16H19N3O4. The summed E-state index contributed by atoms with van der Waals surface area (Å²) in [5.41, 5.74) is 0.609. The number of aryl methyl sites for hydroxylation is 2. The predicted octanol–water partition coefficient (Wildman–Crippen LogP) is 2.07. The first-order chi connectivity index (χ1) is 11.1. The van der Waals surface area contributed by atoms with Crippen LogP contribution >= 0.6 is 0 Å². The Morgan fingerprint density at radius 1 is 1.35 bits per heavy atom. The molecule has 4 rings (SSSR count). The number of hydrogen-bond donors (Lipinski definition) is 0. The molecule has 7 heteroatoms. The van der Waals surface area contributed by atoms with Gasteiger partial charge in [0.25, 0.3) is 5.91 Å². The van der Waals surface area contributed by atoms with Crippen molar-refractivity contribution in [3.05, 3.63) is 35.4 Å². The number of carbonyl (C=O) groups excluding carboxylic acids is 1. The number of ether oxygens (including phenoxy) is 1. The van der Waals surface area contributed by atoms with Gasteiger partial charge in [0, 0.05) is 20.1 Å². The highest BCUT2D eigenvalue weighted by Crippen LogP contribution is 2.36. The van der Waals surface area contributed by atoms with Crippen LogP contribution in [0.1, 0.15) is 46.7 Å². The molecule has 1 amide bonds. The minimum absolute atomic E-state index is 0.00621. The van der Waals surface area contributed by atoms with Gasteiger partial charge in [0.1, 0.15) is 5.76 Å². The Labute approximate surface area is 133 Å². The van der Waals surface area contributed by atoms with Crippen LogP contribution in [0.15, 0.2) is 21.2 Å². The number of amides is 1. The summed E-state index contributed by atoms with van der Waals surface area (Å²) in [6.07, 6.45) is 3.24. The van der Waals surface area contributed by atoms with E-state index in [2.05, 4.69) is 10.2 Å². The van der Waals surface area contributed by atoms with E-state index in [1.807, 2.05) is 4.90 Å². The minimum atomic E-state index is -0.0160. The molecule has 0 N–H and O–H groups in total. The third-order valence-corrected chi connectivity index (χ3v) is 4.75. The van der Waals surface area contributed by atoms with Gasteiger partial charge in [-0.05, 0) is 25.8 Å². The zero-order valence-corrected chi connectivity index (χ0v) is 13.2. The second-order valence-corrected chi connectivity index (χ2v) is 6.21. The Bertz CT molecular complexity index is 722. The van der Waals surface area contributed by atoms with Crippen LogP contribution in [-0.2, 0) is 4.74 Å². The molecule has 0 aliphatic carbocycles. The number of aromatic nitrogens is 2. The Morgan fingerprint density at radius 2 is 2.22 bits per heavy atom. The van der Waals surface area contributed by atoms with Crippen molar-refractivity contribution >= 4 is 5.91 Å². The predicted molar refractivity (Wildman–Crippen MR) is 79.0 cm³/mol. The van der Waals surface area contributed by atoms with Crippen molar-refractivity contribution in [2.75, 3.05) is 13.2 Å². The topological polar surface area (TPSA) is 81.6 Å². The second-order valence-electron chi connectivity index (χ2n) is 6.21. The van der Waals surface area contributed by atoms with Gasteiger partial charge in [-0.3, -0.25) is 4.79 Å². The normalized spacial score (nSPS) is 27.2. The lowest BCUT2D eigenvalue weighted by atomic mass is 9.89. The Hall–Kier alpha value is -2.15. The first-order valence-electron chi connectivity index (χ1n) is 7.90. The Balaban J connectivity index is 1.63. The maximum absolute atomic E-state index is 13.0. The summed E-state index contributed by atoms with van der Waals surface area (Å²) in [4.78, 5) is 14.8. The van der Waals surface area contributed by atoms with E-state index in [4.69, 9.17) is 13.6 Å². The van der Waals surface area contributed by atoms with Crippen LogP contribution < -0.4 is 0 Å². The Morgan fingerprint density at radius 3 is 2.91 bits per heavy atom. The van der Waals surface area contributed by atoms with Crippen molar-refractivity contribution in [1.82, 2.24) is 15.1 Å². The summed E-state index contributed by atoms with van der Waals surface area (Å²) in [5.74, 6) is 1.75. The van der Waals surface area contributed by atoms with Crippen LogP contribution in [0.25, 0.3) is 0 Å².